The number of Topliss-reactive ketones (excluding diaryl/α,β-unsaturated/α-hetero) is 1. The third kappa shape index (κ3) is 2.14. The van der Waals surface area contributed by atoms with E-state index in [2.05, 4.69) is 19.4 Å². The Balaban J connectivity index is 2.17. The van der Waals surface area contributed by atoms with Gasteiger partial charge >= 0.3 is 0 Å². The van der Waals surface area contributed by atoms with E-state index in [1.54, 1.807) is 0 Å². The van der Waals surface area contributed by atoms with Crippen LogP contribution in [0.15, 0.2) is 34.9 Å². The van der Waals surface area contributed by atoms with Crippen LogP contribution in [0.2, 0.25) is 0 Å². The minimum atomic E-state index is -0.517. The third-order valence-corrected chi connectivity index (χ3v) is 5.74. The second-order valence-electron chi connectivity index (χ2n) is 7.32. The van der Waals surface area contributed by atoms with Crippen LogP contribution in [0.5, 0.6) is 0 Å². The van der Waals surface area contributed by atoms with Crippen LogP contribution in [0.25, 0.3) is 0 Å². The first-order valence-electron chi connectivity index (χ1n) is 8.18. The highest BCUT2D eigenvalue weighted by atomic mass is 16.3. The topological polar surface area (TPSA) is 40.3 Å². The first-order valence-corrected chi connectivity index (χ1v) is 8.18. The monoisotopic (exact) mass is 300 g/mol. The molecule has 0 aromatic heterocycles. The molecule has 0 saturated heterocycles. The van der Waals surface area contributed by atoms with Gasteiger partial charge in [0.2, 0.25) is 0 Å². The van der Waals surface area contributed by atoms with Crippen molar-refractivity contribution in [2.24, 2.45) is 17.8 Å². The number of hydrogen-bond acceptors (Lipinski definition) is 2. The molecule has 0 aromatic carbocycles. The van der Waals surface area contributed by atoms with E-state index >= 15 is 0 Å². The van der Waals surface area contributed by atoms with E-state index in [9.17, 15) is 9.90 Å². The van der Waals surface area contributed by atoms with Gasteiger partial charge in [-0.15, -0.1) is 0 Å². The Hall–Kier alpha value is -1.48. The maximum atomic E-state index is 12.7. The molecule has 5 atom stereocenters. The number of fused-ring (bicyclic) bond motifs is 2. The van der Waals surface area contributed by atoms with E-state index in [0.29, 0.717) is 6.42 Å². The molecule has 22 heavy (non-hydrogen) atoms. The number of carbonyl (C=O) groups excluding carboxylic acids is 1. The number of ketones is 1. The van der Waals surface area contributed by atoms with E-state index in [1.165, 1.54) is 0 Å². The number of rotatable bonds is 1. The van der Waals surface area contributed by atoms with Crippen LogP contribution in [0.4, 0.5) is 0 Å². The molecule has 0 aromatic rings. The van der Waals surface area contributed by atoms with Crippen molar-refractivity contribution in [1.82, 2.24) is 0 Å². The first-order chi connectivity index (χ1) is 10.3. The van der Waals surface area contributed by atoms with Crippen molar-refractivity contribution in [2.75, 3.05) is 7.05 Å². The molecule has 0 bridgehead atoms. The fraction of sp³-hybridized carbons (Fsp3) is 0.579. The first kappa shape index (κ1) is 15.4. The molecule has 0 heterocycles. The van der Waals surface area contributed by atoms with Gasteiger partial charge in [0, 0.05) is 23.8 Å². The highest BCUT2D eigenvalue weighted by Crippen LogP contribution is 2.49. The summed E-state index contributed by atoms with van der Waals surface area (Å²) >= 11 is 0. The Morgan fingerprint density at radius 3 is 2.73 bits per heavy atom. The Labute approximate surface area is 132 Å². The number of aliphatic hydroxyl groups is 1. The van der Waals surface area contributed by atoms with Gasteiger partial charge in [0.15, 0.2) is 11.8 Å². The lowest BCUT2D eigenvalue weighted by molar-refractivity contribution is -0.540. The zero-order chi connectivity index (χ0) is 16.2. The minimum absolute atomic E-state index is 0.0827. The molecule has 3 aliphatic carbocycles. The largest absolute Gasteiger partial charge is 0.388 e. The van der Waals surface area contributed by atoms with Crippen molar-refractivity contribution >= 4 is 12.5 Å². The van der Waals surface area contributed by atoms with E-state index < -0.39 is 6.10 Å². The Kier molecular flexibility index (Phi) is 3.72. The Morgan fingerprint density at radius 2 is 2.09 bits per heavy atom. The van der Waals surface area contributed by atoms with Crippen LogP contribution in [0.1, 0.15) is 33.1 Å². The Morgan fingerprint density at radius 1 is 1.41 bits per heavy atom. The van der Waals surface area contributed by atoms with Gasteiger partial charge in [0.1, 0.15) is 13.8 Å². The molecule has 1 saturated carbocycles. The molecule has 3 heteroatoms. The number of aliphatic hydroxyl groups excluding tert-OH is 1. The molecule has 2 unspecified atom stereocenters. The predicted molar refractivity (Wildman–Crippen MR) is 88.0 cm³/mol. The van der Waals surface area contributed by atoms with Crippen molar-refractivity contribution in [1.29, 1.82) is 0 Å². The summed E-state index contributed by atoms with van der Waals surface area (Å²) in [4.78, 5) is 12.7. The SMILES string of the molecule is C=C1CC[C@H]([N+](=C)C)[C@H]2C=C(C)C(=O)C3=C(C(O)C(C)C3)[C@H]12. The maximum Gasteiger partial charge on any atom is 0.184 e. The number of hydrogen-bond donors (Lipinski definition) is 1. The molecule has 3 rings (SSSR count). The molecular formula is C19H26NO2+. The molecule has 3 aliphatic rings. The zero-order valence-corrected chi connectivity index (χ0v) is 13.8. The third-order valence-electron chi connectivity index (χ3n) is 5.74. The Bertz CT molecular complexity index is 625. The van der Waals surface area contributed by atoms with Crippen LogP contribution in [0, 0.1) is 17.8 Å². The number of carbonyl (C=O) groups is 1. The van der Waals surface area contributed by atoms with Crippen LogP contribution in [0.3, 0.4) is 0 Å². The highest BCUT2D eigenvalue weighted by molar-refractivity contribution is 6.09. The minimum Gasteiger partial charge on any atom is -0.388 e. The zero-order valence-electron chi connectivity index (χ0n) is 13.8. The van der Waals surface area contributed by atoms with E-state index in [-0.39, 0.29) is 29.6 Å². The lowest BCUT2D eigenvalue weighted by atomic mass is 9.68. The molecule has 3 nitrogen and oxygen atoms in total. The summed E-state index contributed by atoms with van der Waals surface area (Å²) in [7, 11) is 1.99. The summed E-state index contributed by atoms with van der Waals surface area (Å²) in [5.74, 6) is 0.497. The number of allylic oxidation sites excluding steroid dienone is 3. The van der Waals surface area contributed by atoms with E-state index in [1.807, 2.05) is 25.5 Å². The predicted octanol–water partition coefficient (Wildman–Crippen LogP) is 2.51. The molecule has 0 spiro atoms. The second kappa shape index (κ2) is 5.31. The maximum absolute atomic E-state index is 12.7. The molecule has 0 radical (unpaired) electrons. The summed E-state index contributed by atoms with van der Waals surface area (Å²) in [6.45, 7) is 12.3. The van der Waals surface area contributed by atoms with Crippen LogP contribution in [-0.4, -0.2) is 41.4 Å². The quantitative estimate of drug-likeness (QED) is 0.459. The van der Waals surface area contributed by atoms with Gasteiger partial charge in [-0.2, -0.15) is 0 Å². The lowest BCUT2D eigenvalue weighted by Crippen LogP contribution is -2.41. The standard InChI is InChI=1S/C19H26NO2/c1-10-6-7-15(20(4)5)13-8-11(2)18(21)14-9-12(3)19(22)17(14)16(10)13/h8,12-13,15-16,19,22H,1,4,6-7,9H2,2-3,5H3/q+1/t12?,13-,15+,16-,19?/m1/s1. The molecule has 0 amide bonds. The average molecular weight is 300 g/mol. The van der Waals surface area contributed by atoms with Gasteiger partial charge in [-0.25, -0.2) is 4.58 Å². The van der Waals surface area contributed by atoms with Gasteiger partial charge in [-0.05, 0) is 36.8 Å². The molecule has 0 aliphatic heterocycles. The molecule has 118 valence electrons. The fourth-order valence-corrected chi connectivity index (χ4v) is 4.56. The normalized spacial score (nSPS) is 38.4. The second-order valence-corrected chi connectivity index (χ2v) is 7.32. The van der Waals surface area contributed by atoms with Crippen molar-refractivity contribution in [2.45, 2.75) is 45.3 Å². The van der Waals surface area contributed by atoms with Crippen LogP contribution < -0.4 is 0 Å². The molecular weight excluding hydrogens is 274 g/mol. The highest BCUT2D eigenvalue weighted by Gasteiger charge is 2.48. The summed E-state index contributed by atoms with van der Waals surface area (Å²) in [5.41, 5.74) is 3.76. The van der Waals surface area contributed by atoms with Crippen molar-refractivity contribution < 1.29 is 14.5 Å². The summed E-state index contributed by atoms with van der Waals surface area (Å²) in [6.07, 6.45) is 4.22. The molecule has 1 N–H and O–H groups in total. The van der Waals surface area contributed by atoms with E-state index in [4.69, 9.17) is 0 Å². The molecule has 1 fully saturated rings. The van der Waals surface area contributed by atoms with Crippen molar-refractivity contribution in [3.8, 4) is 0 Å². The van der Waals surface area contributed by atoms with Gasteiger partial charge in [0.05, 0.1) is 6.10 Å². The summed E-state index contributed by atoms with van der Waals surface area (Å²) in [6, 6.07) is 0.285. The number of nitrogens with zero attached hydrogens (tertiary/aromatic N) is 1. The van der Waals surface area contributed by atoms with Crippen molar-refractivity contribution in [3.05, 3.63) is 34.9 Å². The van der Waals surface area contributed by atoms with Gasteiger partial charge in [0.25, 0.3) is 0 Å². The summed E-state index contributed by atoms with van der Waals surface area (Å²) < 4.78 is 2.01. The van der Waals surface area contributed by atoms with Crippen LogP contribution in [-0.2, 0) is 4.79 Å². The lowest BCUT2D eigenvalue weighted by Gasteiger charge is -2.37. The van der Waals surface area contributed by atoms with Gasteiger partial charge in [-0.1, -0.05) is 25.2 Å². The summed E-state index contributed by atoms with van der Waals surface area (Å²) in [5, 5.41) is 10.7. The van der Waals surface area contributed by atoms with Gasteiger partial charge in [-0.3, -0.25) is 4.79 Å². The fourth-order valence-electron chi connectivity index (χ4n) is 4.56. The van der Waals surface area contributed by atoms with Crippen molar-refractivity contribution in [3.63, 3.8) is 0 Å². The van der Waals surface area contributed by atoms with Crippen LogP contribution >= 0.6 is 0 Å². The van der Waals surface area contributed by atoms with Gasteiger partial charge < -0.3 is 5.11 Å². The van der Waals surface area contributed by atoms with E-state index in [0.717, 1.165) is 35.1 Å². The average Bonchev–Trinajstić information content (AvgIpc) is 2.68. The smallest absolute Gasteiger partial charge is 0.184 e.